The van der Waals surface area contributed by atoms with Crippen LogP contribution in [-0.2, 0) is 13.1 Å². The molecule has 0 aliphatic rings. The number of halogens is 1. The van der Waals surface area contributed by atoms with Gasteiger partial charge in [0.15, 0.2) is 0 Å². The first-order valence-corrected chi connectivity index (χ1v) is 6.36. The molecule has 2 nitrogen and oxygen atoms in total. The zero-order valence-electron chi connectivity index (χ0n) is 9.81. The Morgan fingerprint density at radius 1 is 1.06 bits per heavy atom. The van der Waals surface area contributed by atoms with Crippen molar-refractivity contribution in [3.8, 4) is 0 Å². The van der Waals surface area contributed by atoms with Gasteiger partial charge >= 0.3 is 0 Å². The molecule has 3 heteroatoms. The van der Waals surface area contributed by atoms with Crippen LogP contribution < -0.4 is 0 Å². The summed E-state index contributed by atoms with van der Waals surface area (Å²) in [7, 11) is 2.11. The monoisotopic (exact) mass is 290 g/mol. The molecule has 0 saturated heterocycles. The van der Waals surface area contributed by atoms with Crippen molar-refractivity contribution in [1.82, 2.24) is 9.88 Å². The molecule has 0 fully saturated rings. The third-order valence-corrected chi connectivity index (χ3v) is 2.98. The molecule has 17 heavy (non-hydrogen) atoms. The zero-order valence-corrected chi connectivity index (χ0v) is 11.4. The summed E-state index contributed by atoms with van der Waals surface area (Å²) < 4.78 is 1.02. The summed E-state index contributed by atoms with van der Waals surface area (Å²) >= 11 is 3.39. The number of pyridine rings is 1. The molecule has 0 spiro atoms. The van der Waals surface area contributed by atoms with Crippen LogP contribution in [0.1, 0.15) is 11.3 Å². The lowest BCUT2D eigenvalue weighted by molar-refractivity contribution is 0.315. The summed E-state index contributed by atoms with van der Waals surface area (Å²) in [5, 5.41) is 0. The number of hydrogen-bond donors (Lipinski definition) is 0. The Balaban J connectivity index is 1.93. The standard InChI is InChI=1S/C14H15BrN2/c1-17(10-12-5-3-2-4-6-12)11-14-8-7-13(15)9-16-14/h2-9H,10-11H2,1H3. The van der Waals surface area contributed by atoms with Crippen molar-refractivity contribution in [2.45, 2.75) is 13.1 Å². The molecule has 1 heterocycles. The maximum Gasteiger partial charge on any atom is 0.0544 e. The minimum Gasteiger partial charge on any atom is -0.296 e. The van der Waals surface area contributed by atoms with E-state index in [9.17, 15) is 0 Å². The molecule has 0 atom stereocenters. The second kappa shape index (κ2) is 5.94. The number of aromatic nitrogens is 1. The average Bonchev–Trinajstić information content (AvgIpc) is 2.33. The van der Waals surface area contributed by atoms with Gasteiger partial charge in [-0.2, -0.15) is 0 Å². The van der Waals surface area contributed by atoms with Crippen molar-refractivity contribution in [2.75, 3.05) is 7.05 Å². The van der Waals surface area contributed by atoms with Crippen LogP contribution in [-0.4, -0.2) is 16.9 Å². The van der Waals surface area contributed by atoms with Gasteiger partial charge < -0.3 is 0 Å². The quantitative estimate of drug-likeness (QED) is 0.857. The van der Waals surface area contributed by atoms with E-state index in [0.717, 1.165) is 23.3 Å². The van der Waals surface area contributed by atoms with Gasteiger partial charge in [0.2, 0.25) is 0 Å². The van der Waals surface area contributed by atoms with Crippen LogP contribution in [0.25, 0.3) is 0 Å². The van der Waals surface area contributed by atoms with Crippen molar-refractivity contribution >= 4 is 15.9 Å². The first-order chi connectivity index (χ1) is 8.24. The SMILES string of the molecule is CN(Cc1ccccc1)Cc1ccc(Br)cn1. The van der Waals surface area contributed by atoms with Gasteiger partial charge in [0, 0.05) is 23.8 Å². The van der Waals surface area contributed by atoms with Crippen LogP contribution in [0.5, 0.6) is 0 Å². The molecule has 88 valence electrons. The van der Waals surface area contributed by atoms with E-state index in [2.05, 4.69) is 57.1 Å². The lowest BCUT2D eigenvalue weighted by Crippen LogP contribution is -2.17. The first kappa shape index (κ1) is 12.3. The van der Waals surface area contributed by atoms with Gasteiger partial charge in [0.05, 0.1) is 5.69 Å². The van der Waals surface area contributed by atoms with Gasteiger partial charge in [0.1, 0.15) is 0 Å². The minimum atomic E-state index is 0.863. The lowest BCUT2D eigenvalue weighted by Gasteiger charge is -2.16. The maximum atomic E-state index is 4.37. The van der Waals surface area contributed by atoms with Gasteiger partial charge in [-0.05, 0) is 40.7 Å². The van der Waals surface area contributed by atoms with Crippen molar-refractivity contribution in [3.63, 3.8) is 0 Å². The molecule has 0 N–H and O–H groups in total. The minimum absolute atomic E-state index is 0.863. The molecule has 1 aromatic carbocycles. The summed E-state index contributed by atoms with van der Waals surface area (Å²) in [5.74, 6) is 0. The van der Waals surface area contributed by atoms with Gasteiger partial charge in [-0.25, -0.2) is 0 Å². The second-order valence-electron chi connectivity index (χ2n) is 4.13. The van der Waals surface area contributed by atoms with Crippen molar-refractivity contribution in [3.05, 3.63) is 64.4 Å². The molecule has 2 rings (SSSR count). The fourth-order valence-electron chi connectivity index (χ4n) is 1.73. The van der Waals surface area contributed by atoms with Gasteiger partial charge in [0.25, 0.3) is 0 Å². The summed E-state index contributed by atoms with van der Waals surface area (Å²) in [5.41, 5.74) is 2.42. The smallest absolute Gasteiger partial charge is 0.0544 e. The van der Waals surface area contributed by atoms with E-state index in [0.29, 0.717) is 0 Å². The highest BCUT2D eigenvalue weighted by molar-refractivity contribution is 9.10. The highest BCUT2D eigenvalue weighted by Crippen LogP contribution is 2.10. The molecule has 0 radical (unpaired) electrons. The number of hydrogen-bond acceptors (Lipinski definition) is 2. The van der Waals surface area contributed by atoms with E-state index in [1.165, 1.54) is 5.56 Å². The Labute approximate surface area is 110 Å². The molecule has 0 aliphatic heterocycles. The van der Waals surface area contributed by atoms with Gasteiger partial charge in [-0.1, -0.05) is 30.3 Å². The van der Waals surface area contributed by atoms with E-state index in [-0.39, 0.29) is 0 Å². The van der Waals surface area contributed by atoms with Crippen molar-refractivity contribution in [2.24, 2.45) is 0 Å². The second-order valence-corrected chi connectivity index (χ2v) is 5.04. The summed E-state index contributed by atoms with van der Waals surface area (Å²) in [6.45, 7) is 1.81. The summed E-state index contributed by atoms with van der Waals surface area (Å²) in [6, 6.07) is 14.5. The summed E-state index contributed by atoms with van der Waals surface area (Å²) in [6.07, 6.45) is 1.84. The van der Waals surface area contributed by atoms with E-state index < -0.39 is 0 Å². The highest BCUT2D eigenvalue weighted by atomic mass is 79.9. The molecule has 0 unspecified atom stereocenters. The molecule has 0 saturated carbocycles. The Morgan fingerprint density at radius 3 is 2.47 bits per heavy atom. The third kappa shape index (κ3) is 3.95. The predicted octanol–water partition coefficient (Wildman–Crippen LogP) is 3.48. The largest absolute Gasteiger partial charge is 0.296 e. The highest BCUT2D eigenvalue weighted by Gasteiger charge is 2.02. The zero-order chi connectivity index (χ0) is 12.1. The normalized spacial score (nSPS) is 10.8. The van der Waals surface area contributed by atoms with Crippen LogP contribution in [0.2, 0.25) is 0 Å². The van der Waals surface area contributed by atoms with Crippen LogP contribution in [0.15, 0.2) is 53.1 Å². The van der Waals surface area contributed by atoms with E-state index >= 15 is 0 Å². The average molecular weight is 291 g/mol. The van der Waals surface area contributed by atoms with Crippen LogP contribution in [0, 0.1) is 0 Å². The Bertz CT molecular complexity index is 453. The Kier molecular flexibility index (Phi) is 4.29. The maximum absolute atomic E-state index is 4.37. The fraction of sp³-hybridized carbons (Fsp3) is 0.214. The third-order valence-electron chi connectivity index (χ3n) is 2.52. The topological polar surface area (TPSA) is 16.1 Å². The van der Waals surface area contributed by atoms with Crippen molar-refractivity contribution < 1.29 is 0 Å². The van der Waals surface area contributed by atoms with E-state index in [4.69, 9.17) is 0 Å². The molecule has 1 aromatic heterocycles. The molecule has 0 aliphatic carbocycles. The van der Waals surface area contributed by atoms with Crippen molar-refractivity contribution in [1.29, 1.82) is 0 Å². The molecule has 0 amide bonds. The fourth-order valence-corrected chi connectivity index (χ4v) is 1.96. The number of nitrogens with zero attached hydrogens (tertiary/aromatic N) is 2. The van der Waals surface area contributed by atoms with E-state index in [1.54, 1.807) is 0 Å². The predicted molar refractivity (Wildman–Crippen MR) is 73.6 cm³/mol. The molecular formula is C14H15BrN2. The van der Waals surface area contributed by atoms with Crippen LogP contribution in [0.3, 0.4) is 0 Å². The lowest BCUT2D eigenvalue weighted by atomic mass is 10.2. The van der Waals surface area contributed by atoms with Crippen LogP contribution >= 0.6 is 15.9 Å². The Morgan fingerprint density at radius 2 is 1.82 bits per heavy atom. The van der Waals surface area contributed by atoms with E-state index in [1.807, 2.05) is 24.4 Å². The Hall–Kier alpha value is -1.19. The van der Waals surface area contributed by atoms with Gasteiger partial charge in [-0.15, -0.1) is 0 Å². The van der Waals surface area contributed by atoms with Gasteiger partial charge in [-0.3, -0.25) is 9.88 Å². The molecular weight excluding hydrogens is 276 g/mol. The molecule has 2 aromatic rings. The molecule has 0 bridgehead atoms. The number of benzene rings is 1. The first-order valence-electron chi connectivity index (χ1n) is 5.57. The summed E-state index contributed by atoms with van der Waals surface area (Å²) in [4.78, 5) is 6.63. The number of rotatable bonds is 4. The van der Waals surface area contributed by atoms with Crippen LogP contribution in [0.4, 0.5) is 0 Å².